The molecule has 1 N–H and O–H groups in total. The van der Waals surface area contributed by atoms with Crippen LogP contribution in [-0.4, -0.2) is 23.7 Å². The maximum atomic E-state index is 11.3. The van der Waals surface area contributed by atoms with Crippen LogP contribution >= 0.6 is 11.3 Å². The monoisotopic (exact) mass is 228 g/mol. The van der Waals surface area contributed by atoms with Crippen molar-refractivity contribution < 1.29 is 19.4 Å². The highest BCUT2D eigenvalue weighted by Gasteiger charge is 2.07. The first-order valence-corrected chi connectivity index (χ1v) is 5.50. The number of carbonyl (C=O) groups excluding carboxylic acids is 1. The highest BCUT2D eigenvalue weighted by molar-refractivity contribution is 7.11. The Hall–Kier alpha value is -1.36. The molecule has 0 bridgehead atoms. The molecule has 0 aliphatic rings. The Bertz CT molecular complexity index is 318. The number of thiophene rings is 1. The number of hydrogen-bond acceptors (Lipinski definition) is 4. The number of ether oxygens (including phenoxy) is 1. The second-order valence-corrected chi connectivity index (χ2v) is 3.91. The molecule has 1 rings (SSSR count). The van der Waals surface area contributed by atoms with E-state index in [2.05, 4.69) is 0 Å². The van der Waals surface area contributed by atoms with Crippen LogP contribution in [0.1, 0.15) is 28.9 Å². The van der Waals surface area contributed by atoms with Gasteiger partial charge in [0, 0.05) is 6.42 Å². The molecular weight excluding hydrogens is 216 g/mol. The van der Waals surface area contributed by atoms with Crippen molar-refractivity contribution >= 4 is 23.3 Å². The van der Waals surface area contributed by atoms with Gasteiger partial charge in [0.25, 0.3) is 0 Å². The molecule has 82 valence electrons. The lowest BCUT2D eigenvalue weighted by Gasteiger charge is -2.01. The molecule has 0 unspecified atom stereocenters. The van der Waals surface area contributed by atoms with Crippen molar-refractivity contribution in [3.63, 3.8) is 0 Å². The number of carboxylic acid groups (broad SMARTS) is 1. The number of carbonyl (C=O) groups is 2. The van der Waals surface area contributed by atoms with Crippen LogP contribution in [0, 0.1) is 0 Å². The third-order valence-corrected chi connectivity index (χ3v) is 2.59. The first kappa shape index (κ1) is 11.7. The van der Waals surface area contributed by atoms with Crippen LogP contribution in [0.2, 0.25) is 0 Å². The molecule has 0 saturated heterocycles. The van der Waals surface area contributed by atoms with Crippen molar-refractivity contribution in [2.75, 3.05) is 6.61 Å². The zero-order valence-corrected chi connectivity index (χ0v) is 8.96. The van der Waals surface area contributed by atoms with Crippen LogP contribution in [0.5, 0.6) is 0 Å². The van der Waals surface area contributed by atoms with Crippen LogP contribution in [-0.2, 0) is 9.53 Å². The topological polar surface area (TPSA) is 63.6 Å². The van der Waals surface area contributed by atoms with Gasteiger partial charge in [-0.3, -0.25) is 4.79 Å². The van der Waals surface area contributed by atoms with Gasteiger partial charge in [-0.15, -0.1) is 11.3 Å². The summed E-state index contributed by atoms with van der Waals surface area (Å²) in [7, 11) is 0. The molecule has 0 saturated carbocycles. The summed E-state index contributed by atoms with van der Waals surface area (Å²) >= 11 is 1.33. The molecule has 0 spiro atoms. The second-order valence-electron chi connectivity index (χ2n) is 2.96. The minimum atomic E-state index is -0.820. The molecule has 15 heavy (non-hydrogen) atoms. The van der Waals surface area contributed by atoms with Gasteiger partial charge in [-0.2, -0.15) is 0 Å². The smallest absolute Gasteiger partial charge is 0.348 e. The molecule has 0 aromatic carbocycles. The molecule has 0 amide bonds. The van der Waals surface area contributed by atoms with Crippen molar-refractivity contribution in [2.45, 2.75) is 19.3 Å². The fourth-order valence-electron chi connectivity index (χ4n) is 1.01. The second kappa shape index (κ2) is 6.19. The number of aliphatic carboxylic acids is 1. The third-order valence-electron chi connectivity index (χ3n) is 1.74. The maximum absolute atomic E-state index is 11.3. The van der Waals surface area contributed by atoms with Gasteiger partial charge in [0.2, 0.25) is 0 Å². The number of carboxylic acids is 1. The summed E-state index contributed by atoms with van der Waals surface area (Å²) in [4.78, 5) is 22.0. The summed E-state index contributed by atoms with van der Waals surface area (Å²) in [5, 5.41) is 10.2. The summed E-state index contributed by atoms with van der Waals surface area (Å²) in [6, 6.07) is 3.48. The van der Waals surface area contributed by atoms with Gasteiger partial charge in [0.05, 0.1) is 6.61 Å². The molecule has 1 aromatic rings. The largest absolute Gasteiger partial charge is 0.481 e. The Kier molecular flexibility index (Phi) is 4.83. The van der Waals surface area contributed by atoms with Gasteiger partial charge >= 0.3 is 11.9 Å². The zero-order valence-electron chi connectivity index (χ0n) is 8.14. The quantitative estimate of drug-likeness (QED) is 0.598. The maximum Gasteiger partial charge on any atom is 0.348 e. The molecular formula is C10H12O4S. The Morgan fingerprint density at radius 3 is 2.80 bits per heavy atom. The average molecular weight is 228 g/mol. The van der Waals surface area contributed by atoms with E-state index in [1.54, 1.807) is 17.5 Å². The van der Waals surface area contributed by atoms with E-state index in [1.807, 2.05) is 0 Å². The first-order valence-electron chi connectivity index (χ1n) is 4.62. The van der Waals surface area contributed by atoms with Crippen LogP contribution in [0.15, 0.2) is 17.5 Å². The molecule has 5 heteroatoms. The predicted octanol–water partition coefficient (Wildman–Crippen LogP) is 2.16. The first-order chi connectivity index (χ1) is 7.20. The Morgan fingerprint density at radius 1 is 1.40 bits per heavy atom. The standard InChI is InChI=1S/C10H12O4S/c11-9(12)5-1-2-6-14-10(13)8-4-3-7-15-8/h3-4,7H,1-2,5-6H2,(H,11,12). The summed E-state index contributed by atoms with van der Waals surface area (Å²) in [5.41, 5.74) is 0. The highest BCUT2D eigenvalue weighted by atomic mass is 32.1. The van der Waals surface area contributed by atoms with E-state index in [0.29, 0.717) is 17.7 Å². The average Bonchev–Trinajstić information content (AvgIpc) is 2.69. The molecule has 0 fully saturated rings. The number of esters is 1. The van der Waals surface area contributed by atoms with E-state index in [1.165, 1.54) is 11.3 Å². The minimum absolute atomic E-state index is 0.122. The van der Waals surface area contributed by atoms with Gasteiger partial charge in [0.1, 0.15) is 4.88 Å². The lowest BCUT2D eigenvalue weighted by molar-refractivity contribution is -0.137. The lowest BCUT2D eigenvalue weighted by atomic mass is 10.2. The molecule has 1 aromatic heterocycles. The van der Waals surface area contributed by atoms with Gasteiger partial charge in [-0.05, 0) is 24.3 Å². The fourth-order valence-corrected chi connectivity index (χ4v) is 1.63. The highest BCUT2D eigenvalue weighted by Crippen LogP contribution is 2.10. The van der Waals surface area contributed by atoms with E-state index in [-0.39, 0.29) is 19.0 Å². The van der Waals surface area contributed by atoms with E-state index in [9.17, 15) is 9.59 Å². The van der Waals surface area contributed by atoms with Crippen molar-refractivity contribution in [3.8, 4) is 0 Å². The van der Waals surface area contributed by atoms with E-state index < -0.39 is 5.97 Å². The van der Waals surface area contributed by atoms with E-state index >= 15 is 0 Å². The van der Waals surface area contributed by atoms with E-state index in [4.69, 9.17) is 9.84 Å². The van der Waals surface area contributed by atoms with Crippen LogP contribution in [0.3, 0.4) is 0 Å². The van der Waals surface area contributed by atoms with Gasteiger partial charge in [-0.25, -0.2) is 4.79 Å². The lowest BCUT2D eigenvalue weighted by Crippen LogP contribution is -2.05. The Labute approximate surface area is 91.5 Å². The van der Waals surface area contributed by atoms with Crippen molar-refractivity contribution in [3.05, 3.63) is 22.4 Å². The zero-order chi connectivity index (χ0) is 11.1. The van der Waals surface area contributed by atoms with Crippen LogP contribution in [0.4, 0.5) is 0 Å². The SMILES string of the molecule is O=C(O)CCCCOC(=O)c1cccs1. The van der Waals surface area contributed by atoms with Crippen molar-refractivity contribution in [1.82, 2.24) is 0 Å². The number of rotatable bonds is 6. The fraction of sp³-hybridized carbons (Fsp3) is 0.400. The number of hydrogen-bond donors (Lipinski definition) is 1. The molecule has 0 atom stereocenters. The molecule has 0 radical (unpaired) electrons. The van der Waals surface area contributed by atoms with Crippen molar-refractivity contribution in [1.29, 1.82) is 0 Å². The van der Waals surface area contributed by atoms with Crippen LogP contribution < -0.4 is 0 Å². The predicted molar refractivity (Wildman–Crippen MR) is 56.1 cm³/mol. The minimum Gasteiger partial charge on any atom is -0.481 e. The van der Waals surface area contributed by atoms with Gasteiger partial charge in [0.15, 0.2) is 0 Å². The van der Waals surface area contributed by atoms with Crippen LogP contribution in [0.25, 0.3) is 0 Å². The Balaban J connectivity index is 2.10. The molecule has 4 nitrogen and oxygen atoms in total. The summed E-state index contributed by atoms with van der Waals surface area (Å²) in [5.74, 6) is -1.15. The normalized spacial score (nSPS) is 9.87. The van der Waals surface area contributed by atoms with E-state index in [0.717, 1.165) is 0 Å². The number of unbranched alkanes of at least 4 members (excludes halogenated alkanes) is 1. The molecule has 0 aliphatic heterocycles. The van der Waals surface area contributed by atoms with Crippen molar-refractivity contribution in [2.24, 2.45) is 0 Å². The summed E-state index contributed by atoms with van der Waals surface area (Å²) in [6.45, 7) is 0.282. The molecule has 0 aliphatic carbocycles. The third kappa shape index (κ3) is 4.60. The molecule has 1 heterocycles. The van der Waals surface area contributed by atoms with Gasteiger partial charge < -0.3 is 9.84 Å². The summed E-state index contributed by atoms with van der Waals surface area (Å²) in [6.07, 6.45) is 1.24. The summed E-state index contributed by atoms with van der Waals surface area (Å²) < 4.78 is 4.95. The Morgan fingerprint density at radius 2 is 2.20 bits per heavy atom. The van der Waals surface area contributed by atoms with Gasteiger partial charge in [-0.1, -0.05) is 6.07 Å².